The monoisotopic (exact) mass is 467 g/mol. The molecular weight excluding hydrogens is 436 g/mol. The third-order valence-corrected chi connectivity index (χ3v) is 6.50. The van der Waals surface area contributed by atoms with E-state index in [1.165, 1.54) is 12.1 Å². The molecule has 0 radical (unpaired) electrons. The highest BCUT2D eigenvalue weighted by Crippen LogP contribution is 2.32. The highest BCUT2D eigenvalue weighted by molar-refractivity contribution is 6.32. The third-order valence-electron chi connectivity index (χ3n) is 6.15. The molecule has 1 aromatic heterocycles. The van der Waals surface area contributed by atoms with E-state index in [0.29, 0.717) is 37.2 Å². The van der Waals surface area contributed by atoms with E-state index in [1.807, 2.05) is 13.8 Å². The van der Waals surface area contributed by atoms with Gasteiger partial charge in [0.25, 0.3) is 5.91 Å². The van der Waals surface area contributed by atoms with Crippen molar-refractivity contribution in [1.82, 2.24) is 14.9 Å². The number of rotatable bonds is 7. The van der Waals surface area contributed by atoms with Gasteiger partial charge in [0.1, 0.15) is 16.7 Å². The van der Waals surface area contributed by atoms with E-state index >= 15 is 0 Å². The maximum Gasteiger partial charge on any atom is 0.273 e. The molecule has 0 aliphatic heterocycles. The van der Waals surface area contributed by atoms with Crippen LogP contribution in [0.25, 0.3) is 5.69 Å². The van der Waals surface area contributed by atoms with Gasteiger partial charge in [-0.1, -0.05) is 39.3 Å². The van der Waals surface area contributed by atoms with Gasteiger partial charge < -0.3 is 10.4 Å². The van der Waals surface area contributed by atoms with Crippen LogP contribution in [0.5, 0.6) is 0 Å². The van der Waals surface area contributed by atoms with E-state index in [0.717, 1.165) is 17.4 Å². The van der Waals surface area contributed by atoms with E-state index in [1.54, 1.807) is 6.92 Å². The van der Waals surface area contributed by atoms with Crippen molar-refractivity contribution < 1.29 is 18.7 Å². The lowest BCUT2D eigenvalue weighted by atomic mass is 9.79. The molecule has 0 saturated heterocycles. The molecule has 3 rings (SSSR count). The predicted octanol–water partition coefficient (Wildman–Crippen LogP) is 5.24. The predicted molar refractivity (Wildman–Crippen MR) is 121 cm³/mol. The molecule has 1 amide bonds. The Morgan fingerprint density at radius 1 is 1.31 bits per heavy atom. The minimum absolute atomic E-state index is 0.0792. The molecular formula is C24H32ClF2N3O2. The van der Waals surface area contributed by atoms with Crippen molar-refractivity contribution in [2.24, 2.45) is 11.8 Å². The van der Waals surface area contributed by atoms with Gasteiger partial charge in [0.2, 0.25) is 0 Å². The molecule has 0 unspecified atom stereocenters. The maximum absolute atomic E-state index is 14.9. The van der Waals surface area contributed by atoms with E-state index in [9.17, 15) is 18.7 Å². The molecule has 2 N–H and O–H groups in total. The topological polar surface area (TPSA) is 67.2 Å². The zero-order valence-corrected chi connectivity index (χ0v) is 19.9. The fourth-order valence-electron chi connectivity index (χ4n) is 4.28. The highest BCUT2D eigenvalue weighted by atomic mass is 35.5. The summed E-state index contributed by atoms with van der Waals surface area (Å²) in [7, 11) is 0. The SMILES string of the molecule is CCc1nc(C(=O)NCC2(O)CCC(C)CC2)c(Cl)n1-c1c(F)cc(CC(C)C)cc1F. The Labute approximate surface area is 193 Å². The van der Waals surface area contributed by atoms with Crippen molar-refractivity contribution in [3.63, 3.8) is 0 Å². The molecule has 32 heavy (non-hydrogen) atoms. The minimum atomic E-state index is -0.963. The summed E-state index contributed by atoms with van der Waals surface area (Å²) in [6, 6.07) is 2.60. The van der Waals surface area contributed by atoms with E-state index < -0.39 is 23.1 Å². The molecule has 0 spiro atoms. The van der Waals surface area contributed by atoms with Crippen molar-refractivity contribution in [2.45, 2.75) is 71.8 Å². The average molecular weight is 468 g/mol. The van der Waals surface area contributed by atoms with Crippen molar-refractivity contribution >= 4 is 17.5 Å². The number of hydrogen-bond donors (Lipinski definition) is 2. The number of halogens is 3. The lowest BCUT2D eigenvalue weighted by Gasteiger charge is -2.34. The zero-order chi connectivity index (χ0) is 23.6. The zero-order valence-electron chi connectivity index (χ0n) is 19.1. The van der Waals surface area contributed by atoms with Crippen LogP contribution in [0.4, 0.5) is 8.78 Å². The number of imidazole rings is 1. The lowest BCUT2D eigenvalue weighted by Crippen LogP contribution is -2.45. The van der Waals surface area contributed by atoms with Crippen molar-refractivity contribution in [3.05, 3.63) is 46.0 Å². The second-order valence-electron chi connectivity index (χ2n) is 9.45. The molecule has 1 aliphatic carbocycles. The normalized spacial score (nSPS) is 21.2. The Bertz CT molecular complexity index is 959. The van der Waals surface area contributed by atoms with Crippen LogP contribution in [-0.4, -0.2) is 32.7 Å². The Morgan fingerprint density at radius 2 is 1.91 bits per heavy atom. The van der Waals surface area contributed by atoms with Gasteiger partial charge in [0.15, 0.2) is 17.3 Å². The number of amides is 1. The standard InChI is InChI=1S/C24H32ClF2N3O2/c1-5-19-29-20(23(31)28-13-24(32)8-6-15(4)7-9-24)22(25)30(19)21-17(26)11-16(10-14(2)3)12-18(21)27/h11-12,14-15,32H,5-10,13H2,1-4H3,(H,28,31). The number of aliphatic hydroxyl groups is 1. The van der Waals surface area contributed by atoms with Gasteiger partial charge in [-0.05, 0) is 61.6 Å². The van der Waals surface area contributed by atoms with Crippen LogP contribution in [0.2, 0.25) is 5.15 Å². The molecule has 8 heteroatoms. The van der Waals surface area contributed by atoms with Gasteiger partial charge in [-0.3, -0.25) is 9.36 Å². The van der Waals surface area contributed by atoms with Crippen LogP contribution < -0.4 is 5.32 Å². The third kappa shape index (κ3) is 5.31. The van der Waals surface area contributed by atoms with E-state index in [2.05, 4.69) is 17.2 Å². The largest absolute Gasteiger partial charge is 0.388 e. The van der Waals surface area contributed by atoms with E-state index in [4.69, 9.17) is 11.6 Å². The number of aryl methyl sites for hydroxylation is 1. The maximum atomic E-state index is 14.9. The lowest BCUT2D eigenvalue weighted by molar-refractivity contribution is -0.00543. The van der Waals surface area contributed by atoms with Crippen LogP contribution in [0.1, 0.15) is 75.3 Å². The minimum Gasteiger partial charge on any atom is -0.388 e. The fraction of sp³-hybridized carbons (Fsp3) is 0.583. The van der Waals surface area contributed by atoms with Crippen LogP contribution in [-0.2, 0) is 12.8 Å². The van der Waals surface area contributed by atoms with Gasteiger partial charge in [-0.25, -0.2) is 13.8 Å². The van der Waals surface area contributed by atoms with Gasteiger partial charge in [0, 0.05) is 13.0 Å². The molecule has 1 fully saturated rings. The molecule has 1 aliphatic rings. The number of carbonyl (C=O) groups excluding carboxylic acids is 1. The molecule has 5 nitrogen and oxygen atoms in total. The summed E-state index contributed by atoms with van der Waals surface area (Å²) >= 11 is 6.42. The van der Waals surface area contributed by atoms with Gasteiger partial charge in [-0.15, -0.1) is 0 Å². The second-order valence-corrected chi connectivity index (χ2v) is 9.81. The fourth-order valence-corrected chi connectivity index (χ4v) is 4.59. The molecule has 1 heterocycles. The van der Waals surface area contributed by atoms with Crippen LogP contribution in [0, 0.1) is 23.5 Å². The molecule has 1 aromatic carbocycles. The molecule has 0 atom stereocenters. The first-order valence-electron chi connectivity index (χ1n) is 11.3. The number of benzene rings is 1. The van der Waals surface area contributed by atoms with Crippen molar-refractivity contribution in [2.75, 3.05) is 6.54 Å². The summed E-state index contributed by atoms with van der Waals surface area (Å²) in [5, 5.41) is 13.3. The number of carbonyl (C=O) groups is 1. The van der Waals surface area contributed by atoms with Crippen LogP contribution >= 0.6 is 11.6 Å². The van der Waals surface area contributed by atoms with Crippen molar-refractivity contribution in [3.8, 4) is 5.69 Å². The summed E-state index contributed by atoms with van der Waals surface area (Å²) in [6.45, 7) is 7.94. The summed E-state index contributed by atoms with van der Waals surface area (Å²) < 4.78 is 31.1. The van der Waals surface area contributed by atoms with Crippen molar-refractivity contribution in [1.29, 1.82) is 0 Å². The van der Waals surface area contributed by atoms with E-state index in [-0.39, 0.29) is 34.8 Å². The first kappa shape index (κ1) is 24.6. The quantitative estimate of drug-likeness (QED) is 0.585. The van der Waals surface area contributed by atoms with Gasteiger partial charge >= 0.3 is 0 Å². The number of nitrogens with zero attached hydrogens (tertiary/aromatic N) is 2. The first-order chi connectivity index (χ1) is 15.0. The Balaban J connectivity index is 1.88. The number of nitrogens with one attached hydrogen (secondary N) is 1. The number of aromatic nitrogens is 2. The molecule has 0 bridgehead atoms. The summed E-state index contributed by atoms with van der Waals surface area (Å²) in [4.78, 5) is 17.1. The summed E-state index contributed by atoms with van der Waals surface area (Å²) in [6.07, 6.45) is 3.87. The van der Waals surface area contributed by atoms with Crippen LogP contribution in [0.15, 0.2) is 12.1 Å². The summed E-state index contributed by atoms with van der Waals surface area (Å²) in [5.41, 5.74) is -0.858. The second kappa shape index (κ2) is 9.87. The Morgan fingerprint density at radius 3 is 2.44 bits per heavy atom. The molecule has 176 valence electrons. The molecule has 1 saturated carbocycles. The Hall–Kier alpha value is -1.99. The highest BCUT2D eigenvalue weighted by Gasteiger charge is 2.33. The molecule has 2 aromatic rings. The summed E-state index contributed by atoms with van der Waals surface area (Å²) in [5.74, 6) is -1.01. The average Bonchev–Trinajstić information content (AvgIpc) is 3.04. The van der Waals surface area contributed by atoms with Gasteiger partial charge in [0.05, 0.1) is 5.60 Å². The number of hydrogen-bond acceptors (Lipinski definition) is 3. The smallest absolute Gasteiger partial charge is 0.273 e. The first-order valence-corrected chi connectivity index (χ1v) is 11.7. The van der Waals surface area contributed by atoms with Gasteiger partial charge in [-0.2, -0.15) is 0 Å². The Kier molecular flexibility index (Phi) is 7.61. The van der Waals surface area contributed by atoms with Crippen LogP contribution in [0.3, 0.4) is 0 Å².